The number of carbonyl (C=O) groups excluding carboxylic acids is 1. The molecule has 0 aliphatic carbocycles. The molecule has 1 amide bonds. The van der Waals surface area contributed by atoms with Crippen molar-refractivity contribution < 1.29 is 19.0 Å². The fourth-order valence-corrected chi connectivity index (χ4v) is 3.72. The highest BCUT2D eigenvalue weighted by molar-refractivity contribution is 7.16. The Kier molecular flexibility index (Phi) is 7.68. The molecule has 7 heteroatoms. The summed E-state index contributed by atoms with van der Waals surface area (Å²) < 4.78 is 16.3. The molecule has 0 aliphatic rings. The van der Waals surface area contributed by atoms with Gasteiger partial charge in [0, 0.05) is 16.9 Å². The van der Waals surface area contributed by atoms with Crippen molar-refractivity contribution in [3.8, 4) is 28.5 Å². The van der Waals surface area contributed by atoms with E-state index in [0.29, 0.717) is 31.2 Å². The lowest BCUT2D eigenvalue weighted by atomic mass is 10.1. The third-order valence-electron chi connectivity index (χ3n) is 4.36. The van der Waals surface area contributed by atoms with Gasteiger partial charge in [0.15, 0.2) is 5.13 Å². The van der Waals surface area contributed by atoms with E-state index in [1.54, 1.807) is 7.11 Å². The molecule has 3 aromatic rings. The van der Waals surface area contributed by atoms with Gasteiger partial charge < -0.3 is 19.5 Å². The van der Waals surface area contributed by atoms with E-state index >= 15 is 0 Å². The molecule has 1 heterocycles. The topological polar surface area (TPSA) is 69.7 Å². The summed E-state index contributed by atoms with van der Waals surface area (Å²) >= 11 is 1.47. The second-order valence-corrected chi connectivity index (χ2v) is 7.76. The Labute approximate surface area is 180 Å². The summed E-state index contributed by atoms with van der Waals surface area (Å²) in [6, 6.07) is 15.2. The smallest absolute Gasteiger partial charge is 0.226 e. The van der Waals surface area contributed by atoms with Crippen molar-refractivity contribution in [1.82, 2.24) is 4.98 Å². The number of aromatic nitrogens is 1. The maximum Gasteiger partial charge on any atom is 0.226 e. The van der Waals surface area contributed by atoms with Crippen LogP contribution in [0.4, 0.5) is 5.13 Å². The number of hydrogen-bond acceptors (Lipinski definition) is 6. The number of amides is 1. The molecule has 1 N–H and O–H groups in total. The Morgan fingerprint density at radius 2 is 1.63 bits per heavy atom. The van der Waals surface area contributed by atoms with Crippen LogP contribution in [0.15, 0.2) is 48.5 Å². The molecule has 0 spiro atoms. The highest BCUT2D eigenvalue weighted by Gasteiger charge is 2.12. The minimum Gasteiger partial charge on any atom is -0.497 e. The molecule has 0 saturated heterocycles. The number of hydrogen-bond donors (Lipinski definition) is 1. The highest BCUT2D eigenvalue weighted by atomic mass is 32.1. The van der Waals surface area contributed by atoms with Crippen molar-refractivity contribution in [2.24, 2.45) is 0 Å². The fourth-order valence-electron chi connectivity index (χ4n) is 2.87. The maximum atomic E-state index is 12.2. The number of ether oxygens (including phenoxy) is 3. The van der Waals surface area contributed by atoms with Crippen LogP contribution in [-0.4, -0.2) is 31.2 Å². The molecule has 1 aromatic heterocycles. The van der Waals surface area contributed by atoms with Gasteiger partial charge in [-0.2, -0.15) is 0 Å². The number of rotatable bonds is 10. The maximum absolute atomic E-state index is 12.2. The molecule has 0 fully saturated rings. The number of thiazole rings is 1. The van der Waals surface area contributed by atoms with Gasteiger partial charge in [-0.15, -0.1) is 11.3 Å². The van der Waals surface area contributed by atoms with Crippen LogP contribution >= 0.6 is 11.3 Å². The average molecular weight is 427 g/mol. The first-order chi connectivity index (χ1) is 14.6. The van der Waals surface area contributed by atoms with Gasteiger partial charge in [-0.25, -0.2) is 4.98 Å². The predicted octanol–water partition coefficient (Wildman–Crippen LogP) is 5.32. The second kappa shape index (κ2) is 10.6. The van der Waals surface area contributed by atoms with E-state index in [-0.39, 0.29) is 5.91 Å². The minimum atomic E-state index is -0.0691. The summed E-state index contributed by atoms with van der Waals surface area (Å²) in [4.78, 5) is 17.9. The summed E-state index contributed by atoms with van der Waals surface area (Å²) in [5, 5.41) is 3.49. The quantitative estimate of drug-likeness (QED) is 0.444. The van der Waals surface area contributed by atoms with Gasteiger partial charge in [0.2, 0.25) is 5.91 Å². The van der Waals surface area contributed by atoms with Crippen molar-refractivity contribution in [3.63, 3.8) is 0 Å². The van der Waals surface area contributed by atoms with E-state index < -0.39 is 0 Å². The molecule has 0 aliphatic heterocycles. The van der Waals surface area contributed by atoms with Gasteiger partial charge in [-0.1, -0.05) is 0 Å². The van der Waals surface area contributed by atoms with Crippen LogP contribution < -0.4 is 19.5 Å². The summed E-state index contributed by atoms with van der Waals surface area (Å²) in [6.45, 7) is 5.05. The van der Waals surface area contributed by atoms with Crippen LogP contribution in [0, 0.1) is 6.92 Å². The Morgan fingerprint density at radius 1 is 1.00 bits per heavy atom. The van der Waals surface area contributed by atoms with Crippen LogP contribution in [0.25, 0.3) is 11.3 Å². The van der Waals surface area contributed by atoms with Gasteiger partial charge in [0.25, 0.3) is 0 Å². The van der Waals surface area contributed by atoms with E-state index in [2.05, 4.69) is 10.3 Å². The fraction of sp³-hybridized carbons (Fsp3) is 0.304. The first-order valence-electron chi connectivity index (χ1n) is 9.86. The Bertz CT molecular complexity index is 952. The first kappa shape index (κ1) is 21.6. The molecule has 0 atom stereocenters. The van der Waals surface area contributed by atoms with Crippen LogP contribution in [0.1, 0.15) is 24.6 Å². The largest absolute Gasteiger partial charge is 0.497 e. The molecule has 2 aromatic carbocycles. The third-order valence-corrected chi connectivity index (χ3v) is 5.24. The lowest BCUT2D eigenvalue weighted by Crippen LogP contribution is -2.12. The van der Waals surface area contributed by atoms with Crippen molar-refractivity contribution in [3.05, 3.63) is 53.4 Å². The number of nitrogens with one attached hydrogen (secondary N) is 1. The molecule has 0 bridgehead atoms. The molecule has 3 rings (SSSR count). The zero-order valence-corrected chi connectivity index (χ0v) is 18.3. The Balaban J connectivity index is 1.45. The summed E-state index contributed by atoms with van der Waals surface area (Å²) in [5.41, 5.74) is 1.87. The number of carbonyl (C=O) groups is 1. The van der Waals surface area contributed by atoms with Crippen LogP contribution in [0.3, 0.4) is 0 Å². The minimum absolute atomic E-state index is 0.0691. The van der Waals surface area contributed by atoms with Gasteiger partial charge in [-0.3, -0.25) is 4.79 Å². The van der Waals surface area contributed by atoms with Crippen molar-refractivity contribution in [2.75, 3.05) is 25.6 Å². The standard InChI is InChI=1S/C23H26N2O4S/c1-4-28-19-11-13-20(14-12-19)29-15-5-6-21(26)24-23-25-22(16(2)30-23)17-7-9-18(27-3)10-8-17/h7-14H,4-6,15H2,1-3H3,(H,24,25,26). The predicted molar refractivity (Wildman–Crippen MR) is 120 cm³/mol. The zero-order valence-electron chi connectivity index (χ0n) is 17.4. The lowest BCUT2D eigenvalue weighted by molar-refractivity contribution is -0.116. The average Bonchev–Trinajstić information content (AvgIpc) is 3.12. The van der Waals surface area contributed by atoms with E-state index in [1.165, 1.54) is 11.3 Å². The summed E-state index contributed by atoms with van der Waals surface area (Å²) in [7, 11) is 1.64. The second-order valence-electron chi connectivity index (χ2n) is 6.56. The van der Waals surface area contributed by atoms with Crippen LogP contribution in [0.2, 0.25) is 0 Å². The van der Waals surface area contributed by atoms with Crippen molar-refractivity contribution in [1.29, 1.82) is 0 Å². The molecule has 6 nitrogen and oxygen atoms in total. The van der Waals surface area contributed by atoms with Gasteiger partial charge >= 0.3 is 0 Å². The molecule has 0 radical (unpaired) electrons. The van der Waals surface area contributed by atoms with Gasteiger partial charge in [-0.05, 0) is 68.8 Å². The van der Waals surface area contributed by atoms with E-state index in [1.807, 2.05) is 62.4 Å². The van der Waals surface area contributed by atoms with E-state index in [0.717, 1.165) is 33.4 Å². The summed E-state index contributed by atoms with van der Waals surface area (Å²) in [6.07, 6.45) is 0.988. The van der Waals surface area contributed by atoms with Crippen molar-refractivity contribution in [2.45, 2.75) is 26.7 Å². The van der Waals surface area contributed by atoms with Gasteiger partial charge in [0.1, 0.15) is 17.2 Å². The number of benzene rings is 2. The SMILES string of the molecule is CCOc1ccc(OCCCC(=O)Nc2nc(-c3ccc(OC)cc3)c(C)s2)cc1. The van der Waals surface area contributed by atoms with E-state index in [4.69, 9.17) is 14.2 Å². The molecule has 30 heavy (non-hydrogen) atoms. The number of aryl methyl sites for hydroxylation is 1. The summed E-state index contributed by atoms with van der Waals surface area (Å²) in [5.74, 6) is 2.31. The first-order valence-corrected chi connectivity index (χ1v) is 10.7. The van der Waals surface area contributed by atoms with Crippen LogP contribution in [-0.2, 0) is 4.79 Å². The van der Waals surface area contributed by atoms with Crippen LogP contribution in [0.5, 0.6) is 17.2 Å². The molecule has 0 unspecified atom stereocenters. The molecular formula is C23H26N2O4S. The molecule has 158 valence electrons. The van der Waals surface area contributed by atoms with Crippen molar-refractivity contribution >= 4 is 22.4 Å². The Hall–Kier alpha value is -3.06. The Morgan fingerprint density at radius 3 is 2.27 bits per heavy atom. The molecular weight excluding hydrogens is 400 g/mol. The van der Waals surface area contributed by atoms with E-state index in [9.17, 15) is 4.79 Å². The number of nitrogens with zero attached hydrogens (tertiary/aromatic N) is 1. The highest BCUT2D eigenvalue weighted by Crippen LogP contribution is 2.31. The monoisotopic (exact) mass is 426 g/mol. The zero-order chi connectivity index (χ0) is 21.3. The number of anilines is 1. The third kappa shape index (κ3) is 5.97. The number of methoxy groups -OCH3 is 1. The normalized spacial score (nSPS) is 10.5. The lowest BCUT2D eigenvalue weighted by Gasteiger charge is -2.07. The van der Waals surface area contributed by atoms with Gasteiger partial charge in [0.05, 0.1) is 26.0 Å². The molecule has 0 saturated carbocycles.